The van der Waals surface area contributed by atoms with Crippen LogP contribution in [0.25, 0.3) is 0 Å². The van der Waals surface area contributed by atoms with Crippen molar-refractivity contribution in [1.29, 1.82) is 0 Å². The number of nitrogens with zero attached hydrogens (tertiary/aromatic N) is 1. The molecular formula is C11H24N2O2. The van der Waals surface area contributed by atoms with E-state index < -0.39 is 5.54 Å². The van der Waals surface area contributed by atoms with Gasteiger partial charge in [0, 0.05) is 25.6 Å². The predicted octanol–water partition coefficient (Wildman–Crippen LogP) is 0.997. The summed E-state index contributed by atoms with van der Waals surface area (Å²) in [6.45, 7) is 8.85. The molecule has 15 heavy (non-hydrogen) atoms. The van der Waals surface area contributed by atoms with Crippen molar-refractivity contribution in [2.45, 2.75) is 45.8 Å². The molecule has 0 rings (SSSR count). The normalized spacial score (nSPS) is 11.9. The maximum Gasteiger partial charge on any atom is 0.224 e. The minimum absolute atomic E-state index is 0.0647. The van der Waals surface area contributed by atoms with Gasteiger partial charge < -0.3 is 15.4 Å². The van der Waals surface area contributed by atoms with E-state index in [4.69, 9.17) is 10.5 Å². The minimum Gasteiger partial charge on any atom is -0.377 e. The lowest BCUT2D eigenvalue weighted by Gasteiger charge is -2.23. The first-order valence-corrected chi connectivity index (χ1v) is 5.37. The quantitative estimate of drug-likeness (QED) is 0.720. The molecule has 0 spiro atoms. The van der Waals surface area contributed by atoms with Crippen LogP contribution in [-0.4, -0.2) is 42.6 Å². The summed E-state index contributed by atoms with van der Waals surface area (Å²) in [4.78, 5) is 13.3. The number of rotatable bonds is 6. The van der Waals surface area contributed by atoms with Gasteiger partial charge in [-0.3, -0.25) is 4.79 Å². The van der Waals surface area contributed by atoms with Crippen LogP contribution < -0.4 is 5.73 Å². The molecule has 0 aliphatic heterocycles. The molecule has 0 radical (unpaired) electrons. The first kappa shape index (κ1) is 14.4. The molecule has 0 saturated heterocycles. The zero-order valence-corrected chi connectivity index (χ0v) is 10.5. The van der Waals surface area contributed by atoms with Gasteiger partial charge in [0.2, 0.25) is 5.91 Å². The van der Waals surface area contributed by atoms with Gasteiger partial charge in [0.05, 0.1) is 12.7 Å². The van der Waals surface area contributed by atoms with Gasteiger partial charge in [-0.05, 0) is 27.7 Å². The van der Waals surface area contributed by atoms with Gasteiger partial charge in [0.15, 0.2) is 0 Å². The second-order valence-corrected chi connectivity index (χ2v) is 4.90. The Morgan fingerprint density at radius 1 is 1.47 bits per heavy atom. The Morgan fingerprint density at radius 2 is 2.00 bits per heavy atom. The molecule has 4 heteroatoms. The number of carbonyl (C=O) groups is 1. The Morgan fingerprint density at radius 3 is 2.40 bits per heavy atom. The van der Waals surface area contributed by atoms with E-state index >= 15 is 0 Å². The number of ether oxygens (including phenoxy) is 1. The highest BCUT2D eigenvalue weighted by Gasteiger charge is 2.18. The molecule has 0 bridgehead atoms. The summed E-state index contributed by atoms with van der Waals surface area (Å²) >= 11 is 0. The fraction of sp³-hybridized carbons (Fsp3) is 0.909. The summed E-state index contributed by atoms with van der Waals surface area (Å²) in [6, 6.07) is 0. The number of hydrogen-bond acceptors (Lipinski definition) is 3. The molecule has 4 nitrogen and oxygen atoms in total. The van der Waals surface area contributed by atoms with Gasteiger partial charge in [-0.1, -0.05) is 0 Å². The molecule has 90 valence electrons. The van der Waals surface area contributed by atoms with Crippen LogP contribution in [0.1, 0.15) is 34.1 Å². The van der Waals surface area contributed by atoms with Gasteiger partial charge in [-0.2, -0.15) is 0 Å². The summed E-state index contributed by atoms with van der Waals surface area (Å²) in [7, 11) is 1.78. The fourth-order valence-corrected chi connectivity index (χ4v) is 1.07. The highest BCUT2D eigenvalue weighted by molar-refractivity contribution is 5.77. The lowest BCUT2D eigenvalue weighted by Crippen LogP contribution is -2.40. The van der Waals surface area contributed by atoms with E-state index in [0.717, 1.165) is 0 Å². The molecule has 0 aliphatic rings. The van der Waals surface area contributed by atoms with Gasteiger partial charge in [-0.15, -0.1) is 0 Å². The largest absolute Gasteiger partial charge is 0.377 e. The standard InChI is InChI=1S/C11H24N2O2/c1-9(2)15-7-6-13(5)10(14)8-11(3,4)12/h9H,6-8,12H2,1-5H3. The maximum absolute atomic E-state index is 11.6. The van der Waals surface area contributed by atoms with Gasteiger partial charge in [0.25, 0.3) is 0 Å². The predicted molar refractivity (Wildman–Crippen MR) is 61.6 cm³/mol. The van der Waals surface area contributed by atoms with Gasteiger partial charge >= 0.3 is 0 Å². The summed E-state index contributed by atoms with van der Waals surface area (Å²) < 4.78 is 5.37. The van der Waals surface area contributed by atoms with Gasteiger partial charge in [-0.25, -0.2) is 0 Å². The number of amides is 1. The Balaban J connectivity index is 3.80. The third-order valence-electron chi connectivity index (χ3n) is 1.91. The highest BCUT2D eigenvalue weighted by atomic mass is 16.5. The number of likely N-dealkylation sites (N-methyl/N-ethyl adjacent to an activating group) is 1. The molecule has 1 amide bonds. The van der Waals surface area contributed by atoms with E-state index in [-0.39, 0.29) is 12.0 Å². The van der Waals surface area contributed by atoms with E-state index in [0.29, 0.717) is 19.6 Å². The summed E-state index contributed by atoms with van der Waals surface area (Å²) in [5.74, 6) is 0.0647. The van der Waals surface area contributed by atoms with Crippen LogP contribution in [0.5, 0.6) is 0 Å². The van der Waals surface area contributed by atoms with Crippen LogP contribution in [-0.2, 0) is 9.53 Å². The van der Waals surface area contributed by atoms with Gasteiger partial charge in [0.1, 0.15) is 0 Å². The van der Waals surface area contributed by atoms with Crippen molar-refractivity contribution in [2.24, 2.45) is 5.73 Å². The zero-order valence-electron chi connectivity index (χ0n) is 10.5. The van der Waals surface area contributed by atoms with Crippen molar-refractivity contribution in [1.82, 2.24) is 4.90 Å². The van der Waals surface area contributed by atoms with Crippen LogP contribution in [0.15, 0.2) is 0 Å². The molecule has 0 fully saturated rings. The van der Waals surface area contributed by atoms with Crippen LogP contribution in [0, 0.1) is 0 Å². The van der Waals surface area contributed by atoms with Crippen molar-refractivity contribution in [2.75, 3.05) is 20.2 Å². The Kier molecular flexibility index (Phi) is 5.83. The summed E-state index contributed by atoms with van der Waals surface area (Å²) in [5, 5.41) is 0. The average molecular weight is 216 g/mol. The SMILES string of the molecule is CC(C)OCCN(C)C(=O)CC(C)(C)N. The van der Waals surface area contributed by atoms with Crippen molar-refractivity contribution >= 4 is 5.91 Å². The molecule has 2 N–H and O–H groups in total. The Labute approximate surface area is 92.8 Å². The molecule has 0 unspecified atom stereocenters. The molecule has 0 aliphatic carbocycles. The number of nitrogens with two attached hydrogens (primary N) is 1. The Bertz CT molecular complexity index is 197. The lowest BCUT2D eigenvalue weighted by atomic mass is 10.0. The van der Waals surface area contributed by atoms with Crippen molar-refractivity contribution < 1.29 is 9.53 Å². The maximum atomic E-state index is 11.6. The van der Waals surface area contributed by atoms with E-state index in [9.17, 15) is 4.79 Å². The first-order chi connectivity index (χ1) is 6.72. The molecular weight excluding hydrogens is 192 g/mol. The lowest BCUT2D eigenvalue weighted by molar-refractivity contribution is -0.131. The second-order valence-electron chi connectivity index (χ2n) is 4.90. The third kappa shape index (κ3) is 8.39. The topological polar surface area (TPSA) is 55.6 Å². The smallest absolute Gasteiger partial charge is 0.224 e. The van der Waals surface area contributed by atoms with Crippen LogP contribution in [0.2, 0.25) is 0 Å². The van der Waals surface area contributed by atoms with E-state index in [1.165, 1.54) is 0 Å². The molecule has 0 aromatic carbocycles. The van der Waals surface area contributed by atoms with E-state index in [1.54, 1.807) is 11.9 Å². The van der Waals surface area contributed by atoms with Crippen molar-refractivity contribution in [3.63, 3.8) is 0 Å². The highest BCUT2D eigenvalue weighted by Crippen LogP contribution is 2.05. The monoisotopic (exact) mass is 216 g/mol. The molecule has 0 atom stereocenters. The third-order valence-corrected chi connectivity index (χ3v) is 1.91. The summed E-state index contributed by atoms with van der Waals surface area (Å²) in [6.07, 6.45) is 0.574. The minimum atomic E-state index is -0.440. The molecule has 0 aromatic heterocycles. The van der Waals surface area contributed by atoms with E-state index in [1.807, 2.05) is 27.7 Å². The van der Waals surface area contributed by atoms with Crippen LogP contribution >= 0.6 is 0 Å². The Hall–Kier alpha value is -0.610. The zero-order chi connectivity index (χ0) is 12.1. The number of carbonyl (C=O) groups excluding carboxylic acids is 1. The van der Waals surface area contributed by atoms with E-state index in [2.05, 4.69) is 0 Å². The molecule has 0 heterocycles. The second kappa shape index (κ2) is 6.08. The van der Waals surface area contributed by atoms with Crippen LogP contribution in [0.3, 0.4) is 0 Å². The number of hydrogen-bond donors (Lipinski definition) is 1. The molecule has 0 aromatic rings. The first-order valence-electron chi connectivity index (χ1n) is 5.37. The van der Waals surface area contributed by atoms with Crippen LogP contribution in [0.4, 0.5) is 0 Å². The fourth-order valence-electron chi connectivity index (χ4n) is 1.07. The summed E-state index contributed by atoms with van der Waals surface area (Å²) in [5.41, 5.74) is 5.33. The average Bonchev–Trinajstić information content (AvgIpc) is 1.99. The molecule has 0 saturated carbocycles. The van der Waals surface area contributed by atoms with Crippen molar-refractivity contribution in [3.8, 4) is 0 Å². The van der Waals surface area contributed by atoms with Crippen molar-refractivity contribution in [3.05, 3.63) is 0 Å².